The molecule has 1 aliphatic rings. The number of fused-ring (bicyclic) bond motifs is 3. The van der Waals surface area contributed by atoms with Crippen LogP contribution in [0.15, 0.2) is 146 Å². The van der Waals surface area contributed by atoms with Gasteiger partial charge in [-0.05, 0) is 47.2 Å². The van der Waals surface area contributed by atoms with E-state index in [0.29, 0.717) is 24.6 Å². The first-order valence-corrected chi connectivity index (χ1v) is 19.8. The maximum atomic E-state index is 13.5. The Hall–Kier alpha value is -4.72. The summed E-state index contributed by atoms with van der Waals surface area (Å²) in [7, 11) is 3.44. The summed E-state index contributed by atoms with van der Waals surface area (Å²) >= 11 is 0. The Morgan fingerprint density at radius 1 is 0.482 bits per heavy atom. The molecular formula is C50H54BrNO4. The zero-order valence-corrected chi connectivity index (χ0v) is 34.6. The van der Waals surface area contributed by atoms with Crippen molar-refractivity contribution in [3.63, 3.8) is 0 Å². The molecule has 0 spiro atoms. The van der Waals surface area contributed by atoms with Crippen LogP contribution in [0.25, 0.3) is 11.1 Å². The summed E-state index contributed by atoms with van der Waals surface area (Å²) in [5, 5.41) is 27.0. The van der Waals surface area contributed by atoms with E-state index in [0.717, 1.165) is 98.9 Å². The van der Waals surface area contributed by atoms with E-state index in [4.69, 9.17) is 9.47 Å². The van der Waals surface area contributed by atoms with Crippen LogP contribution in [0.5, 0.6) is 11.5 Å². The molecule has 0 atom stereocenters. The van der Waals surface area contributed by atoms with E-state index >= 15 is 0 Å². The Labute approximate surface area is 343 Å². The SMILES string of the molecule is CCCC[N+]1(CCCC)Cc2c(C(O)(c3ccccc3)c3ccccc3)ccc(OC)c2-c2c(OC)ccc(C(O)(c3ccccc3)c3ccccc3)c2C1.[Br-]. The molecule has 2 N–H and O–H groups in total. The second-order valence-electron chi connectivity index (χ2n) is 15.0. The molecule has 6 heteroatoms. The van der Waals surface area contributed by atoms with Gasteiger partial charge in [-0.1, -0.05) is 160 Å². The summed E-state index contributed by atoms with van der Waals surface area (Å²) in [5.74, 6) is 1.40. The molecular weight excluding hydrogens is 758 g/mol. The van der Waals surface area contributed by atoms with Crippen LogP contribution in [0.1, 0.15) is 84.0 Å². The largest absolute Gasteiger partial charge is 1.00 e. The van der Waals surface area contributed by atoms with Gasteiger partial charge in [-0.25, -0.2) is 0 Å². The fourth-order valence-corrected chi connectivity index (χ4v) is 8.96. The zero-order chi connectivity index (χ0) is 38.5. The lowest BCUT2D eigenvalue weighted by atomic mass is 9.74. The minimum Gasteiger partial charge on any atom is -1.00 e. The maximum Gasteiger partial charge on any atom is 0.141 e. The highest BCUT2D eigenvalue weighted by Crippen LogP contribution is 2.53. The standard InChI is InChI=1S/C50H54NO4.BrH/c1-5-7-33-51(34-8-6-2)35-41-43(49(52,37-21-13-9-14-22-37)38-23-15-10-16-24-38)29-31-45(54-3)47(41)48-42(36-51)44(30-32-46(48)55-4)50(53,39-25-17-11-18-26-39)40-27-19-12-20-28-40;/h9-32,52-53H,5-8,33-36H2,1-4H3;1H/q+1;/p-1. The molecule has 6 aromatic carbocycles. The van der Waals surface area contributed by atoms with Crippen LogP contribution in [0.2, 0.25) is 0 Å². The third kappa shape index (κ3) is 7.32. The molecule has 0 saturated heterocycles. The molecule has 0 fully saturated rings. The Bertz CT molecular complexity index is 1950. The van der Waals surface area contributed by atoms with Crippen molar-refractivity contribution >= 4 is 0 Å². The van der Waals surface area contributed by atoms with Gasteiger partial charge in [0.1, 0.15) is 35.8 Å². The van der Waals surface area contributed by atoms with Gasteiger partial charge in [0.05, 0.1) is 27.3 Å². The molecule has 7 rings (SSSR count). The first kappa shape index (κ1) is 40.9. The van der Waals surface area contributed by atoms with Crippen LogP contribution < -0.4 is 26.5 Å². The molecule has 0 unspecified atom stereocenters. The van der Waals surface area contributed by atoms with Gasteiger partial charge in [-0.15, -0.1) is 0 Å². The van der Waals surface area contributed by atoms with Crippen LogP contribution in [0, 0.1) is 0 Å². The van der Waals surface area contributed by atoms with E-state index in [2.05, 4.69) is 26.0 Å². The summed E-state index contributed by atoms with van der Waals surface area (Å²) in [6.45, 7) is 7.71. The fraction of sp³-hybridized carbons (Fsp3) is 0.280. The summed E-state index contributed by atoms with van der Waals surface area (Å²) in [6.07, 6.45) is 4.18. The molecule has 290 valence electrons. The van der Waals surface area contributed by atoms with E-state index in [1.54, 1.807) is 14.2 Å². The number of benzene rings is 6. The highest BCUT2D eigenvalue weighted by Gasteiger charge is 2.46. The predicted octanol–water partition coefficient (Wildman–Crippen LogP) is 7.37. The second kappa shape index (κ2) is 17.6. The zero-order valence-electron chi connectivity index (χ0n) is 33.0. The number of ether oxygens (including phenoxy) is 2. The van der Waals surface area contributed by atoms with Crippen molar-refractivity contribution in [2.24, 2.45) is 0 Å². The monoisotopic (exact) mass is 811 g/mol. The van der Waals surface area contributed by atoms with E-state index in [1.807, 2.05) is 133 Å². The Balaban J connectivity index is 0.00000532. The number of unbranched alkanes of at least 4 members (excludes halogenated alkanes) is 2. The summed E-state index contributed by atoms with van der Waals surface area (Å²) in [5.41, 5.74) is 5.70. The molecule has 0 aromatic heterocycles. The first-order chi connectivity index (χ1) is 26.8. The third-order valence-electron chi connectivity index (χ3n) is 11.7. The Morgan fingerprint density at radius 2 is 0.786 bits per heavy atom. The molecule has 1 heterocycles. The summed E-state index contributed by atoms with van der Waals surface area (Å²) in [4.78, 5) is 0. The normalized spacial score (nSPS) is 13.5. The van der Waals surface area contributed by atoms with Gasteiger partial charge in [0, 0.05) is 33.4 Å². The predicted molar refractivity (Wildman–Crippen MR) is 222 cm³/mol. The molecule has 0 saturated carbocycles. The van der Waals surface area contributed by atoms with E-state index < -0.39 is 11.2 Å². The van der Waals surface area contributed by atoms with Crippen molar-refractivity contribution in [2.45, 2.75) is 63.8 Å². The second-order valence-corrected chi connectivity index (χ2v) is 15.0. The van der Waals surface area contributed by atoms with E-state index in [9.17, 15) is 10.2 Å². The molecule has 0 aliphatic carbocycles. The van der Waals surface area contributed by atoms with Crippen LogP contribution in [-0.4, -0.2) is 42.0 Å². The number of nitrogens with zero attached hydrogens (tertiary/aromatic N) is 1. The van der Waals surface area contributed by atoms with Gasteiger partial charge in [-0.2, -0.15) is 0 Å². The third-order valence-corrected chi connectivity index (χ3v) is 11.7. The molecule has 5 nitrogen and oxygen atoms in total. The Morgan fingerprint density at radius 3 is 1.05 bits per heavy atom. The number of quaternary nitrogens is 1. The van der Waals surface area contributed by atoms with Gasteiger partial charge in [0.2, 0.25) is 0 Å². The smallest absolute Gasteiger partial charge is 0.141 e. The quantitative estimate of drug-likeness (QED) is 0.0892. The van der Waals surface area contributed by atoms with Crippen molar-refractivity contribution in [1.29, 1.82) is 0 Å². The number of rotatable bonds is 14. The van der Waals surface area contributed by atoms with Crippen molar-refractivity contribution in [1.82, 2.24) is 0 Å². The van der Waals surface area contributed by atoms with E-state index in [-0.39, 0.29) is 17.0 Å². The first-order valence-electron chi connectivity index (χ1n) is 19.8. The molecule has 6 aromatic rings. The average molecular weight is 813 g/mol. The lowest BCUT2D eigenvalue weighted by molar-refractivity contribution is -0.953. The molecule has 0 bridgehead atoms. The Kier molecular flexibility index (Phi) is 12.9. The van der Waals surface area contributed by atoms with Gasteiger partial charge < -0.3 is 41.2 Å². The molecule has 1 aliphatic heterocycles. The van der Waals surface area contributed by atoms with Crippen molar-refractivity contribution in [3.05, 3.63) is 190 Å². The minimum atomic E-state index is -1.48. The van der Waals surface area contributed by atoms with Crippen molar-refractivity contribution in [2.75, 3.05) is 27.3 Å². The topological polar surface area (TPSA) is 58.9 Å². The number of hydrogen-bond donors (Lipinski definition) is 2. The van der Waals surface area contributed by atoms with Crippen LogP contribution >= 0.6 is 0 Å². The number of aliphatic hydroxyl groups is 2. The average Bonchev–Trinajstić information content (AvgIpc) is 3.40. The summed E-state index contributed by atoms with van der Waals surface area (Å²) < 4.78 is 13.4. The van der Waals surface area contributed by atoms with Gasteiger partial charge in [-0.3, -0.25) is 0 Å². The maximum absolute atomic E-state index is 13.5. The molecule has 0 radical (unpaired) electrons. The van der Waals surface area contributed by atoms with Gasteiger partial charge in [0.15, 0.2) is 0 Å². The highest BCUT2D eigenvalue weighted by atomic mass is 79.9. The van der Waals surface area contributed by atoms with Crippen LogP contribution in [0.3, 0.4) is 0 Å². The minimum absolute atomic E-state index is 0. The van der Waals surface area contributed by atoms with Crippen molar-refractivity contribution < 1.29 is 41.2 Å². The number of halogens is 1. The fourth-order valence-electron chi connectivity index (χ4n) is 8.96. The number of hydrogen-bond acceptors (Lipinski definition) is 4. The molecule has 56 heavy (non-hydrogen) atoms. The highest BCUT2D eigenvalue weighted by molar-refractivity contribution is 5.85. The van der Waals surface area contributed by atoms with Crippen LogP contribution in [-0.2, 0) is 24.3 Å². The molecule has 0 amide bonds. The summed E-state index contributed by atoms with van der Waals surface area (Å²) in [6, 6.07) is 48.2. The van der Waals surface area contributed by atoms with Gasteiger partial charge >= 0.3 is 0 Å². The van der Waals surface area contributed by atoms with Crippen molar-refractivity contribution in [3.8, 4) is 22.6 Å². The lowest BCUT2D eigenvalue weighted by Crippen LogP contribution is -3.00. The number of methoxy groups -OCH3 is 2. The lowest BCUT2D eigenvalue weighted by Gasteiger charge is -2.41. The van der Waals surface area contributed by atoms with Crippen LogP contribution in [0.4, 0.5) is 0 Å². The van der Waals surface area contributed by atoms with E-state index in [1.165, 1.54) is 0 Å². The van der Waals surface area contributed by atoms with Gasteiger partial charge in [0.25, 0.3) is 0 Å².